The Hall–Kier alpha value is -1.56. The van der Waals surface area contributed by atoms with Gasteiger partial charge in [-0.15, -0.1) is 0 Å². The maximum Gasteiger partial charge on any atom is 0.303 e. The van der Waals surface area contributed by atoms with Crippen LogP contribution in [0.2, 0.25) is 0 Å². The predicted molar refractivity (Wildman–Crippen MR) is 83.4 cm³/mol. The molecule has 5 nitrogen and oxygen atoms in total. The van der Waals surface area contributed by atoms with E-state index in [-0.39, 0.29) is 12.2 Å². The lowest BCUT2D eigenvalue weighted by atomic mass is 10.1. The van der Waals surface area contributed by atoms with E-state index in [4.69, 9.17) is 5.11 Å². The van der Waals surface area contributed by atoms with Crippen LogP contribution in [-0.2, 0) is 14.6 Å². The number of para-hydroxylation sites is 1. The molecule has 118 valence electrons. The van der Waals surface area contributed by atoms with Crippen LogP contribution in [0, 0.1) is 0 Å². The molecule has 0 aromatic heterocycles. The molecule has 1 aromatic rings. The second-order valence-electron chi connectivity index (χ2n) is 4.88. The number of nitrogens with one attached hydrogen (secondary N) is 1. The van der Waals surface area contributed by atoms with Gasteiger partial charge in [-0.3, -0.25) is 4.79 Å². The number of benzene rings is 1. The third kappa shape index (κ3) is 6.16. The van der Waals surface area contributed by atoms with Gasteiger partial charge >= 0.3 is 5.97 Å². The molecule has 0 aliphatic carbocycles. The molecule has 1 rings (SSSR count). The van der Waals surface area contributed by atoms with E-state index in [2.05, 4.69) is 5.32 Å². The van der Waals surface area contributed by atoms with Crippen LogP contribution in [0.15, 0.2) is 29.2 Å². The van der Waals surface area contributed by atoms with Crippen LogP contribution >= 0.6 is 0 Å². The Balaban J connectivity index is 2.41. The minimum Gasteiger partial charge on any atom is -0.481 e. The number of rotatable bonds is 10. The lowest BCUT2D eigenvalue weighted by Crippen LogP contribution is -2.10. The summed E-state index contributed by atoms with van der Waals surface area (Å²) in [7, 11) is -3.22. The first-order chi connectivity index (χ1) is 9.97. The minimum atomic E-state index is -3.22. The van der Waals surface area contributed by atoms with Crippen LogP contribution < -0.4 is 5.32 Å². The summed E-state index contributed by atoms with van der Waals surface area (Å²) in [6, 6.07) is 6.92. The maximum absolute atomic E-state index is 12.0. The number of anilines is 1. The Morgan fingerprint density at radius 1 is 1.14 bits per heavy atom. The molecule has 0 amide bonds. The molecule has 0 atom stereocenters. The zero-order valence-electron chi connectivity index (χ0n) is 12.3. The smallest absolute Gasteiger partial charge is 0.303 e. The van der Waals surface area contributed by atoms with Gasteiger partial charge in [0, 0.05) is 13.0 Å². The number of aliphatic carboxylic acids is 1. The highest BCUT2D eigenvalue weighted by Crippen LogP contribution is 2.22. The van der Waals surface area contributed by atoms with Gasteiger partial charge in [0.05, 0.1) is 16.3 Å². The summed E-state index contributed by atoms with van der Waals surface area (Å²) in [5.74, 6) is -0.673. The summed E-state index contributed by atoms with van der Waals surface area (Å²) >= 11 is 0. The van der Waals surface area contributed by atoms with Gasteiger partial charge in [-0.25, -0.2) is 8.42 Å². The summed E-state index contributed by atoms with van der Waals surface area (Å²) in [6.45, 7) is 2.32. The molecule has 0 saturated carbocycles. The van der Waals surface area contributed by atoms with Crippen molar-refractivity contribution < 1.29 is 18.3 Å². The highest BCUT2D eigenvalue weighted by Gasteiger charge is 2.15. The Morgan fingerprint density at radius 3 is 2.48 bits per heavy atom. The van der Waals surface area contributed by atoms with Gasteiger partial charge in [0.2, 0.25) is 0 Å². The van der Waals surface area contributed by atoms with Gasteiger partial charge in [-0.1, -0.05) is 31.9 Å². The third-order valence-electron chi connectivity index (χ3n) is 3.24. The second kappa shape index (κ2) is 8.67. The molecule has 0 aliphatic rings. The normalized spacial score (nSPS) is 11.3. The van der Waals surface area contributed by atoms with E-state index in [1.807, 2.05) is 6.07 Å². The summed E-state index contributed by atoms with van der Waals surface area (Å²) in [5, 5.41) is 11.7. The van der Waals surface area contributed by atoms with E-state index in [9.17, 15) is 13.2 Å². The largest absolute Gasteiger partial charge is 0.481 e. The predicted octanol–water partition coefficient (Wildman–Crippen LogP) is 2.93. The van der Waals surface area contributed by atoms with E-state index >= 15 is 0 Å². The van der Waals surface area contributed by atoms with Crippen LogP contribution in [0.3, 0.4) is 0 Å². The van der Waals surface area contributed by atoms with Gasteiger partial charge in [0.1, 0.15) is 0 Å². The number of sulfone groups is 1. The average molecular weight is 313 g/mol. The van der Waals surface area contributed by atoms with Gasteiger partial charge < -0.3 is 10.4 Å². The summed E-state index contributed by atoms with van der Waals surface area (Å²) < 4.78 is 23.9. The van der Waals surface area contributed by atoms with Gasteiger partial charge in [-0.2, -0.15) is 0 Å². The van der Waals surface area contributed by atoms with Crippen molar-refractivity contribution in [1.29, 1.82) is 0 Å². The molecular formula is C15H23NO4S. The number of hydrogen-bond acceptors (Lipinski definition) is 4. The third-order valence-corrected chi connectivity index (χ3v) is 5.02. The Morgan fingerprint density at radius 2 is 1.81 bits per heavy atom. The van der Waals surface area contributed by atoms with Crippen LogP contribution in [0.4, 0.5) is 5.69 Å². The van der Waals surface area contributed by atoms with Crippen LogP contribution in [-0.4, -0.2) is 31.8 Å². The van der Waals surface area contributed by atoms with E-state index in [1.54, 1.807) is 25.1 Å². The fourth-order valence-corrected chi connectivity index (χ4v) is 3.09. The molecule has 1 aromatic carbocycles. The molecule has 0 aliphatic heterocycles. The quantitative estimate of drug-likeness (QED) is 0.649. The van der Waals surface area contributed by atoms with Crippen molar-refractivity contribution in [3.63, 3.8) is 0 Å². The molecule has 0 spiro atoms. The first-order valence-corrected chi connectivity index (χ1v) is 8.90. The van der Waals surface area contributed by atoms with Gasteiger partial charge in [0.25, 0.3) is 0 Å². The van der Waals surface area contributed by atoms with Crippen molar-refractivity contribution in [3.05, 3.63) is 24.3 Å². The SMILES string of the molecule is CCS(=O)(=O)c1ccccc1NCCCCCCC(=O)O. The van der Waals surface area contributed by atoms with Gasteiger partial charge in [0.15, 0.2) is 9.84 Å². The van der Waals surface area contributed by atoms with E-state index in [1.165, 1.54) is 0 Å². The zero-order chi connectivity index (χ0) is 15.7. The second-order valence-corrected chi connectivity index (χ2v) is 7.13. The molecule has 0 fully saturated rings. The van der Waals surface area contributed by atoms with Crippen LogP contribution in [0.25, 0.3) is 0 Å². The number of carbonyl (C=O) groups is 1. The molecule has 0 saturated heterocycles. The molecule has 0 heterocycles. The molecule has 0 unspecified atom stereocenters. The zero-order valence-corrected chi connectivity index (χ0v) is 13.2. The fraction of sp³-hybridized carbons (Fsp3) is 0.533. The lowest BCUT2D eigenvalue weighted by molar-refractivity contribution is -0.137. The minimum absolute atomic E-state index is 0.0842. The van der Waals surface area contributed by atoms with Gasteiger partial charge in [-0.05, 0) is 25.0 Å². The lowest BCUT2D eigenvalue weighted by Gasteiger charge is -2.11. The maximum atomic E-state index is 12.0. The van der Waals surface area contributed by atoms with Crippen molar-refractivity contribution in [3.8, 4) is 0 Å². The Bertz CT molecular complexity index is 555. The van der Waals surface area contributed by atoms with Crippen molar-refractivity contribution in [2.75, 3.05) is 17.6 Å². The highest BCUT2D eigenvalue weighted by molar-refractivity contribution is 7.91. The number of unbranched alkanes of at least 4 members (excludes halogenated alkanes) is 3. The standard InChI is InChI=1S/C15H23NO4S/c1-2-21(19,20)14-10-7-6-9-13(14)16-12-8-4-3-5-11-15(17)18/h6-7,9-10,16H,2-5,8,11-12H2,1H3,(H,17,18). The topological polar surface area (TPSA) is 83.5 Å². The van der Waals surface area contributed by atoms with Crippen LogP contribution in [0.5, 0.6) is 0 Å². The number of carboxylic acid groups (broad SMARTS) is 1. The summed E-state index contributed by atoms with van der Waals surface area (Å²) in [6.07, 6.45) is 3.60. The van der Waals surface area contributed by atoms with E-state index < -0.39 is 15.8 Å². The van der Waals surface area contributed by atoms with Crippen molar-refractivity contribution >= 4 is 21.5 Å². The van der Waals surface area contributed by atoms with Crippen LogP contribution in [0.1, 0.15) is 39.0 Å². The van der Waals surface area contributed by atoms with E-state index in [0.29, 0.717) is 23.5 Å². The first kappa shape index (κ1) is 17.5. The molecule has 6 heteroatoms. The van der Waals surface area contributed by atoms with Crippen molar-refractivity contribution in [1.82, 2.24) is 0 Å². The Labute approximate surface area is 126 Å². The average Bonchev–Trinajstić information content (AvgIpc) is 2.46. The molecule has 0 radical (unpaired) electrons. The molecule has 0 bridgehead atoms. The van der Waals surface area contributed by atoms with E-state index in [0.717, 1.165) is 19.3 Å². The number of carboxylic acids is 1. The highest BCUT2D eigenvalue weighted by atomic mass is 32.2. The summed E-state index contributed by atoms with van der Waals surface area (Å²) in [5.41, 5.74) is 0.643. The monoisotopic (exact) mass is 313 g/mol. The molecule has 21 heavy (non-hydrogen) atoms. The summed E-state index contributed by atoms with van der Waals surface area (Å²) in [4.78, 5) is 10.7. The molecule has 2 N–H and O–H groups in total. The molecular weight excluding hydrogens is 290 g/mol. The van der Waals surface area contributed by atoms with Crippen molar-refractivity contribution in [2.24, 2.45) is 0 Å². The van der Waals surface area contributed by atoms with Crippen molar-refractivity contribution in [2.45, 2.75) is 43.9 Å². The Kier molecular flexibility index (Phi) is 7.22. The first-order valence-electron chi connectivity index (χ1n) is 7.25. The number of hydrogen-bond donors (Lipinski definition) is 2. The fourth-order valence-electron chi connectivity index (χ4n) is 2.02.